The minimum absolute atomic E-state index is 0.0559. The molecular weight excluding hydrogens is 309 g/mol. The highest BCUT2D eigenvalue weighted by atomic mass is 19.4. The minimum atomic E-state index is -4.40. The summed E-state index contributed by atoms with van der Waals surface area (Å²) in [5, 5.41) is 0. The molecule has 0 radical (unpaired) electrons. The molecule has 2 fully saturated rings. The molecule has 0 bridgehead atoms. The molecule has 3 rings (SSSR count). The smallest absolute Gasteiger partial charge is 0.342 e. The van der Waals surface area contributed by atoms with Crippen molar-refractivity contribution < 1.29 is 18.0 Å². The van der Waals surface area contributed by atoms with E-state index in [2.05, 4.69) is 9.97 Å². The van der Waals surface area contributed by atoms with Crippen LogP contribution in [-0.2, 0) is 11.0 Å². The van der Waals surface area contributed by atoms with Gasteiger partial charge in [-0.05, 0) is 25.7 Å². The van der Waals surface area contributed by atoms with E-state index in [9.17, 15) is 18.0 Å². The molecule has 8 heteroatoms. The summed E-state index contributed by atoms with van der Waals surface area (Å²) in [4.78, 5) is 20.5. The molecule has 1 amide bonds. The molecule has 0 aromatic carbocycles. The second-order valence-corrected chi connectivity index (χ2v) is 6.48. The van der Waals surface area contributed by atoms with Gasteiger partial charge in [0.05, 0.1) is 12.1 Å². The molecule has 3 N–H and O–H groups in total. The number of nitrogens with one attached hydrogen (secondary N) is 1. The standard InChI is InChI=1S/C15H21F3N4O/c16-15(17,18)12-8-20-13(21-12)9-4-6-22(7-5-9)14(23)10-2-1-3-11(10)19/h8-11H,1-7,19H2,(H,20,21). The monoisotopic (exact) mass is 330 g/mol. The maximum atomic E-state index is 12.6. The van der Waals surface area contributed by atoms with E-state index in [4.69, 9.17) is 5.73 Å². The Hall–Kier alpha value is -1.57. The predicted molar refractivity (Wildman–Crippen MR) is 77.5 cm³/mol. The lowest BCUT2D eigenvalue weighted by Crippen LogP contribution is -2.45. The van der Waals surface area contributed by atoms with Crippen LogP contribution in [0.4, 0.5) is 13.2 Å². The molecule has 2 unspecified atom stereocenters. The number of hydrogen-bond acceptors (Lipinski definition) is 3. The van der Waals surface area contributed by atoms with Crippen LogP contribution in [-0.4, -0.2) is 39.9 Å². The highest BCUT2D eigenvalue weighted by Gasteiger charge is 2.37. The zero-order valence-electron chi connectivity index (χ0n) is 12.8. The topological polar surface area (TPSA) is 75.0 Å². The van der Waals surface area contributed by atoms with Crippen LogP contribution < -0.4 is 5.73 Å². The average molecular weight is 330 g/mol. The first kappa shape index (κ1) is 16.3. The van der Waals surface area contributed by atoms with Gasteiger partial charge in [0.1, 0.15) is 11.5 Å². The molecule has 2 heterocycles. The zero-order valence-corrected chi connectivity index (χ0v) is 12.8. The van der Waals surface area contributed by atoms with Gasteiger partial charge in [0.2, 0.25) is 5.91 Å². The summed E-state index contributed by atoms with van der Waals surface area (Å²) in [5.41, 5.74) is 5.16. The van der Waals surface area contributed by atoms with Crippen molar-refractivity contribution in [2.45, 2.75) is 50.2 Å². The lowest BCUT2D eigenvalue weighted by Gasteiger charge is -2.33. The van der Waals surface area contributed by atoms with E-state index in [-0.39, 0.29) is 23.8 Å². The predicted octanol–water partition coefficient (Wildman–Crippen LogP) is 2.26. The third-order valence-electron chi connectivity index (χ3n) is 4.98. The number of aromatic amines is 1. The lowest BCUT2D eigenvalue weighted by molar-refractivity contribution is -0.141. The Kier molecular flexibility index (Phi) is 4.35. The molecule has 2 aliphatic rings. The number of amides is 1. The van der Waals surface area contributed by atoms with E-state index in [0.29, 0.717) is 31.8 Å². The van der Waals surface area contributed by atoms with Gasteiger partial charge in [-0.15, -0.1) is 0 Å². The number of piperidine rings is 1. The minimum Gasteiger partial charge on any atom is -0.342 e. The fraction of sp³-hybridized carbons (Fsp3) is 0.733. The van der Waals surface area contributed by atoms with Crippen LogP contribution in [0.3, 0.4) is 0 Å². The third-order valence-corrected chi connectivity index (χ3v) is 4.98. The fourth-order valence-electron chi connectivity index (χ4n) is 3.59. The van der Waals surface area contributed by atoms with Crippen molar-refractivity contribution in [2.24, 2.45) is 11.7 Å². The largest absolute Gasteiger partial charge is 0.432 e. The van der Waals surface area contributed by atoms with Crippen molar-refractivity contribution in [3.05, 3.63) is 17.7 Å². The van der Waals surface area contributed by atoms with E-state index in [1.807, 2.05) is 0 Å². The number of halogens is 3. The lowest BCUT2D eigenvalue weighted by atomic mass is 9.94. The quantitative estimate of drug-likeness (QED) is 0.873. The van der Waals surface area contributed by atoms with E-state index < -0.39 is 11.9 Å². The van der Waals surface area contributed by atoms with Crippen molar-refractivity contribution in [3.8, 4) is 0 Å². The maximum absolute atomic E-state index is 12.6. The first-order valence-electron chi connectivity index (χ1n) is 8.02. The van der Waals surface area contributed by atoms with Crippen molar-refractivity contribution in [2.75, 3.05) is 13.1 Å². The van der Waals surface area contributed by atoms with Gasteiger partial charge >= 0.3 is 6.18 Å². The molecule has 2 atom stereocenters. The van der Waals surface area contributed by atoms with Crippen LogP contribution in [0, 0.1) is 5.92 Å². The Morgan fingerprint density at radius 2 is 1.96 bits per heavy atom. The van der Waals surface area contributed by atoms with Crippen molar-refractivity contribution in [1.29, 1.82) is 0 Å². The second-order valence-electron chi connectivity index (χ2n) is 6.48. The molecule has 1 saturated heterocycles. The fourth-order valence-corrected chi connectivity index (χ4v) is 3.59. The maximum Gasteiger partial charge on any atom is 0.432 e. The Bertz CT molecular complexity index is 563. The summed E-state index contributed by atoms with van der Waals surface area (Å²) in [6, 6.07) is -0.0559. The van der Waals surface area contributed by atoms with Crippen molar-refractivity contribution >= 4 is 5.91 Å². The van der Waals surface area contributed by atoms with E-state index in [1.165, 1.54) is 0 Å². The molecule has 1 aromatic rings. The van der Waals surface area contributed by atoms with E-state index in [0.717, 1.165) is 25.5 Å². The Morgan fingerprint density at radius 1 is 1.26 bits per heavy atom. The molecule has 0 spiro atoms. The van der Waals surface area contributed by atoms with Gasteiger partial charge in [0.25, 0.3) is 0 Å². The summed E-state index contributed by atoms with van der Waals surface area (Å²) in [5.74, 6) is 0.310. The third kappa shape index (κ3) is 3.36. The molecule has 1 aromatic heterocycles. The van der Waals surface area contributed by atoms with Crippen LogP contribution in [0.5, 0.6) is 0 Å². The Balaban J connectivity index is 1.58. The van der Waals surface area contributed by atoms with Crippen LogP contribution in [0.15, 0.2) is 6.20 Å². The summed E-state index contributed by atoms with van der Waals surface area (Å²) in [6.07, 6.45) is 0.398. The summed E-state index contributed by atoms with van der Waals surface area (Å²) >= 11 is 0. The van der Waals surface area contributed by atoms with Crippen molar-refractivity contribution in [1.82, 2.24) is 14.9 Å². The molecule has 128 valence electrons. The van der Waals surface area contributed by atoms with Gasteiger partial charge in [-0.3, -0.25) is 4.79 Å². The van der Waals surface area contributed by atoms with Crippen LogP contribution >= 0.6 is 0 Å². The zero-order chi connectivity index (χ0) is 16.6. The molecule has 5 nitrogen and oxygen atoms in total. The van der Waals surface area contributed by atoms with E-state index in [1.54, 1.807) is 4.90 Å². The molecule has 1 saturated carbocycles. The van der Waals surface area contributed by atoms with Crippen LogP contribution in [0.1, 0.15) is 49.5 Å². The summed E-state index contributed by atoms with van der Waals surface area (Å²) in [7, 11) is 0. The molecule has 23 heavy (non-hydrogen) atoms. The van der Waals surface area contributed by atoms with Gasteiger partial charge in [-0.2, -0.15) is 13.2 Å². The highest BCUT2D eigenvalue weighted by Crippen LogP contribution is 2.33. The Morgan fingerprint density at radius 3 is 2.48 bits per heavy atom. The first-order valence-corrected chi connectivity index (χ1v) is 8.02. The first-order chi connectivity index (χ1) is 10.9. The van der Waals surface area contributed by atoms with Crippen LogP contribution in [0.25, 0.3) is 0 Å². The number of nitrogens with two attached hydrogens (primary N) is 1. The van der Waals surface area contributed by atoms with E-state index >= 15 is 0 Å². The average Bonchev–Trinajstić information content (AvgIpc) is 3.15. The number of carbonyl (C=O) groups is 1. The number of imidazole rings is 1. The normalized spacial score (nSPS) is 26.7. The van der Waals surface area contributed by atoms with Crippen LogP contribution in [0.2, 0.25) is 0 Å². The second kappa shape index (κ2) is 6.14. The highest BCUT2D eigenvalue weighted by molar-refractivity contribution is 5.80. The molecular formula is C15H21F3N4O. The number of nitrogens with zero attached hydrogens (tertiary/aromatic N) is 2. The Labute approximate surface area is 132 Å². The molecule has 1 aliphatic heterocycles. The number of H-pyrrole nitrogens is 1. The number of aromatic nitrogens is 2. The van der Waals surface area contributed by atoms with Gasteiger partial charge in [-0.25, -0.2) is 4.98 Å². The number of likely N-dealkylation sites (tertiary alicyclic amines) is 1. The van der Waals surface area contributed by atoms with Gasteiger partial charge in [0.15, 0.2) is 0 Å². The number of hydrogen-bond donors (Lipinski definition) is 2. The number of carbonyl (C=O) groups excluding carboxylic acids is 1. The molecule has 1 aliphatic carbocycles. The van der Waals surface area contributed by atoms with Gasteiger partial charge < -0.3 is 15.6 Å². The summed E-state index contributed by atoms with van der Waals surface area (Å²) < 4.78 is 37.8. The summed E-state index contributed by atoms with van der Waals surface area (Å²) in [6.45, 7) is 1.10. The number of alkyl halides is 3. The SMILES string of the molecule is NC1CCCC1C(=O)N1CCC(c2ncc(C(F)(F)F)[nH]2)CC1. The van der Waals surface area contributed by atoms with Crippen molar-refractivity contribution in [3.63, 3.8) is 0 Å². The van der Waals surface area contributed by atoms with Gasteiger partial charge in [-0.1, -0.05) is 6.42 Å². The van der Waals surface area contributed by atoms with Gasteiger partial charge in [0, 0.05) is 25.0 Å². The number of rotatable bonds is 2.